The summed E-state index contributed by atoms with van der Waals surface area (Å²) in [5.74, 6) is -0.0828. The van der Waals surface area contributed by atoms with Crippen molar-refractivity contribution in [3.8, 4) is 11.1 Å². The molecule has 4 rings (SSSR count). The maximum Gasteiger partial charge on any atom is 0.243 e. The number of rotatable bonds is 5. The molecule has 2 heterocycles. The van der Waals surface area contributed by atoms with E-state index in [4.69, 9.17) is 11.6 Å². The zero-order valence-electron chi connectivity index (χ0n) is 19.2. The smallest absolute Gasteiger partial charge is 0.243 e. The lowest BCUT2D eigenvalue weighted by molar-refractivity contribution is -0.131. The molecule has 2 aromatic rings. The highest BCUT2D eigenvalue weighted by Gasteiger charge is 2.41. The van der Waals surface area contributed by atoms with E-state index in [1.165, 1.54) is 0 Å². The van der Waals surface area contributed by atoms with Crippen LogP contribution in [0.2, 0.25) is 5.02 Å². The number of halogens is 1. The molecule has 3 atom stereocenters. The number of benzene rings is 2. The van der Waals surface area contributed by atoms with Crippen molar-refractivity contribution in [1.29, 1.82) is 0 Å². The summed E-state index contributed by atoms with van der Waals surface area (Å²) >= 11 is 6.03. The Morgan fingerprint density at radius 3 is 2.52 bits per heavy atom. The second-order valence-corrected chi connectivity index (χ2v) is 10.3. The van der Waals surface area contributed by atoms with E-state index in [1.807, 2.05) is 62.1 Å². The summed E-state index contributed by atoms with van der Waals surface area (Å²) in [7, 11) is 0. The molecule has 2 aromatic carbocycles. The molecule has 8 heteroatoms. The molecule has 0 radical (unpaired) electrons. The first-order valence-electron chi connectivity index (χ1n) is 11.2. The Labute approximate surface area is 199 Å². The van der Waals surface area contributed by atoms with Gasteiger partial charge in [0, 0.05) is 36.9 Å². The van der Waals surface area contributed by atoms with Crippen LogP contribution in [0.15, 0.2) is 42.5 Å². The predicted molar refractivity (Wildman–Crippen MR) is 130 cm³/mol. The molecule has 3 N–H and O–H groups in total. The van der Waals surface area contributed by atoms with Crippen LogP contribution in [0.4, 0.5) is 5.69 Å². The first-order valence-corrected chi connectivity index (χ1v) is 11.6. The molecular weight excluding hydrogens is 440 g/mol. The van der Waals surface area contributed by atoms with Crippen molar-refractivity contribution in [2.24, 2.45) is 5.41 Å². The van der Waals surface area contributed by atoms with Crippen LogP contribution in [-0.2, 0) is 16.1 Å². The van der Waals surface area contributed by atoms with Crippen molar-refractivity contribution >= 4 is 29.6 Å². The number of nitrogens with one attached hydrogen (secondary N) is 2. The summed E-state index contributed by atoms with van der Waals surface area (Å²) in [6.45, 7) is 8.18. The van der Waals surface area contributed by atoms with Gasteiger partial charge in [0.05, 0.1) is 6.04 Å². The Bertz CT molecular complexity index is 1020. The molecule has 2 aliphatic rings. The molecule has 2 amide bonds. The van der Waals surface area contributed by atoms with Gasteiger partial charge >= 0.3 is 0 Å². The largest absolute Gasteiger partial charge is 0.376 e. The van der Waals surface area contributed by atoms with Gasteiger partial charge in [-0.3, -0.25) is 19.4 Å². The first kappa shape index (κ1) is 23.7. The van der Waals surface area contributed by atoms with E-state index < -0.39 is 18.3 Å². The fraction of sp³-hybridized carbons (Fsp3) is 0.440. The number of hydrogen-bond donors (Lipinski definition) is 3. The number of piperazine rings is 1. The maximum atomic E-state index is 13.1. The van der Waals surface area contributed by atoms with E-state index in [9.17, 15) is 14.7 Å². The number of amides is 2. The highest BCUT2D eigenvalue weighted by Crippen LogP contribution is 2.31. The van der Waals surface area contributed by atoms with Gasteiger partial charge in [0.2, 0.25) is 12.3 Å². The minimum atomic E-state index is -0.882. The summed E-state index contributed by atoms with van der Waals surface area (Å²) in [6.07, 6.45) is -0.255. The van der Waals surface area contributed by atoms with E-state index in [1.54, 1.807) is 0 Å². The standard InChI is InChI=1S/C25H31ClN4O3/c1-25(2,3)22(27-15-31)24(33)30-11-10-29-13-18-12-17(16-4-7-19(26)8-5-16)6-9-20(18)28-23(32)21(29)14-30/h4-9,12,15,21-22,24,33H,10-11,13-14H2,1-3H3,(H,27,31)(H,28,32). The third-order valence-electron chi connectivity index (χ3n) is 6.59. The van der Waals surface area contributed by atoms with Crippen LogP contribution in [0.1, 0.15) is 26.3 Å². The van der Waals surface area contributed by atoms with E-state index in [-0.39, 0.29) is 11.3 Å². The van der Waals surface area contributed by atoms with Crippen molar-refractivity contribution in [1.82, 2.24) is 15.1 Å². The molecular formula is C25H31ClN4O3. The normalized spacial score (nSPS) is 21.2. The lowest BCUT2D eigenvalue weighted by atomic mass is 9.85. The van der Waals surface area contributed by atoms with E-state index in [0.29, 0.717) is 37.6 Å². The van der Waals surface area contributed by atoms with Gasteiger partial charge in [0.25, 0.3) is 0 Å². The third-order valence-corrected chi connectivity index (χ3v) is 6.84. The summed E-state index contributed by atoms with van der Waals surface area (Å²) < 4.78 is 0. The monoisotopic (exact) mass is 470 g/mol. The Morgan fingerprint density at radius 2 is 1.85 bits per heavy atom. The van der Waals surface area contributed by atoms with Crippen LogP contribution in [0.3, 0.4) is 0 Å². The van der Waals surface area contributed by atoms with Gasteiger partial charge in [-0.2, -0.15) is 0 Å². The zero-order valence-corrected chi connectivity index (χ0v) is 20.0. The SMILES string of the molecule is CC(C)(C)C(NC=O)C(O)N1CCN2Cc3cc(-c4ccc(Cl)cc4)ccc3NC(=O)C2C1. The van der Waals surface area contributed by atoms with Gasteiger partial charge in [0.15, 0.2) is 0 Å². The van der Waals surface area contributed by atoms with E-state index >= 15 is 0 Å². The molecule has 1 fully saturated rings. The minimum absolute atomic E-state index is 0.0828. The molecule has 7 nitrogen and oxygen atoms in total. The number of aliphatic hydroxyl groups is 1. The highest BCUT2D eigenvalue weighted by molar-refractivity contribution is 6.30. The third kappa shape index (κ3) is 5.06. The number of anilines is 1. The van der Waals surface area contributed by atoms with Crippen LogP contribution < -0.4 is 10.6 Å². The lowest BCUT2D eigenvalue weighted by Gasteiger charge is -2.45. The van der Waals surface area contributed by atoms with Gasteiger partial charge in [-0.15, -0.1) is 0 Å². The maximum absolute atomic E-state index is 13.1. The summed E-state index contributed by atoms with van der Waals surface area (Å²) in [5, 5.41) is 17.6. The Kier molecular flexibility index (Phi) is 6.77. The van der Waals surface area contributed by atoms with Crippen LogP contribution in [0.25, 0.3) is 11.1 Å². The molecule has 0 bridgehead atoms. The summed E-state index contributed by atoms with van der Waals surface area (Å²) in [5.41, 5.74) is 3.67. The van der Waals surface area contributed by atoms with Crippen LogP contribution in [0, 0.1) is 5.41 Å². The number of fused-ring (bicyclic) bond motifs is 2. The van der Waals surface area contributed by atoms with Crippen molar-refractivity contribution < 1.29 is 14.7 Å². The van der Waals surface area contributed by atoms with Crippen molar-refractivity contribution in [2.45, 2.75) is 45.6 Å². The lowest BCUT2D eigenvalue weighted by Crippen LogP contribution is -2.63. The Morgan fingerprint density at radius 1 is 1.15 bits per heavy atom. The average Bonchev–Trinajstić information content (AvgIpc) is 2.91. The van der Waals surface area contributed by atoms with E-state index in [0.717, 1.165) is 22.4 Å². The fourth-order valence-corrected chi connectivity index (χ4v) is 4.82. The van der Waals surface area contributed by atoms with Gasteiger partial charge < -0.3 is 15.7 Å². The highest BCUT2D eigenvalue weighted by atomic mass is 35.5. The van der Waals surface area contributed by atoms with Gasteiger partial charge in [-0.25, -0.2) is 0 Å². The molecule has 3 unspecified atom stereocenters. The van der Waals surface area contributed by atoms with Gasteiger partial charge in [-0.1, -0.05) is 50.6 Å². The number of nitrogens with zero attached hydrogens (tertiary/aromatic N) is 2. The molecule has 2 aliphatic heterocycles. The second kappa shape index (κ2) is 9.43. The summed E-state index contributed by atoms with van der Waals surface area (Å²) in [6, 6.07) is 12.9. The Balaban J connectivity index is 1.54. The first-order chi connectivity index (χ1) is 15.7. The molecule has 0 spiro atoms. The molecule has 0 aliphatic carbocycles. The topological polar surface area (TPSA) is 84.9 Å². The average molecular weight is 471 g/mol. The van der Waals surface area contributed by atoms with Gasteiger partial charge in [-0.05, 0) is 46.4 Å². The van der Waals surface area contributed by atoms with Crippen molar-refractivity contribution in [3.05, 3.63) is 53.1 Å². The number of hydrogen-bond acceptors (Lipinski definition) is 5. The quantitative estimate of drug-likeness (QED) is 0.585. The molecule has 33 heavy (non-hydrogen) atoms. The van der Waals surface area contributed by atoms with E-state index in [2.05, 4.69) is 21.6 Å². The van der Waals surface area contributed by atoms with Crippen molar-refractivity contribution in [3.63, 3.8) is 0 Å². The number of aliphatic hydroxyl groups excluding tert-OH is 1. The van der Waals surface area contributed by atoms with Gasteiger partial charge in [0.1, 0.15) is 12.3 Å². The molecule has 0 saturated carbocycles. The van der Waals surface area contributed by atoms with Crippen LogP contribution in [0.5, 0.6) is 0 Å². The van der Waals surface area contributed by atoms with Crippen LogP contribution >= 0.6 is 11.6 Å². The number of carbonyl (C=O) groups is 2. The van der Waals surface area contributed by atoms with Crippen LogP contribution in [-0.4, -0.2) is 65.2 Å². The second-order valence-electron chi connectivity index (χ2n) is 9.89. The minimum Gasteiger partial charge on any atom is -0.376 e. The van der Waals surface area contributed by atoms with Crippen molar-refractivity contribution in [2.75, 3.05) is 25.0 Å². The summed E-state index contributed by atoms with van der Waals surface area (Å²) in [4.78, 5) is 28.3. The molecule has 1 saturated heterocycles. The molecule has 0 aromatic heterocycles. The zero-order chi connectivity index (χ0) is 23.8. The predicted octanol–water partition coefficient (Wildman–Crippen LogP) is 2.92. The Hall–Kier alpha value is -2.45. The fourth-order valence-electron chi connectivity index (χ4n) is 4.69. The number of carbonyl (C=O) groups excluding carboxylic acids is 2. The molecule has 176 valence electrons.